The van der Waals surface area contributed by atoms with Gasteiger partial charge >= 0.3 is 0 Å². The summed E-state index contributed by atoms with van der Waals surface area (Å²) in [5.41, 5.74) is 1.36. The monoisotopic (exact) mass is 456 g/mol. The molecule has 0 spiro atoms. The lowest BCUT2D eigenvalue weighted by molar-refractivity contribution is -0.125. The molecule has 2 amide bonds. The zero-order valence-electron chi connectivity index (χ0n) is 19.6. The van der Waals surface area contributed by atoms with Gasteiger partial charge < -0.3 is 29.2 Å². The average Bonchev–Trinajstić information content (AvgIpc) is 3.31. The van der Waals surface area contributed by atoms with Crippen molar-refractivity contribution < 1.29 is 28.5 Å². The number of amides is 2. The molecule has 1 aliphatic rings. The van der Waals surface area contributed by atoms with Crippen molar-refractivity contribution in [3.63, 3.8) is 0 Å². The maximum atomic E-state index is 13.3. The van der Waals surface area contributed by atoms with Crippen molar-refractivity contribution in [2.45, 2.75) is 12.3 Å². The minimum absolute atomic E-state index is 0.0954. The van der Waals surface area contributed by atoms with Gasteiger partial charge in [0.25, 0.3) is 5.91 Å². The van der Waals surface area contributed by atoms with Crippen molar-refractivity contribution >= 4 is 11.8 Å². The first-order valence-electron chi connectivity index (χ1n) is 10.9. The van der Waals surface area contributed by atoms with Crippen LogP contribution in [0.5, 0.6) is 17.2 Å². The lowest BCUT2D eigenvalue weighted by Gasteiger charge is -2.21. The Morgan fingerprint density at radius 2 is 1.73 bits per heavy atom. The molecule has 1 N–H and O–H groups in total. The number of ether oxygens (including phenoxy) is 4. The third-order valence-corrected chi connectivity index (χ3v) is 5.92. The van der Waals surface area contributed by atoms with Gasteiger partial charge in [0.05, 0.1) is 27.2 Å². The molecule has 2 aromatic carbocycles. The maximum absolute atomic E-state index is 13.3. The molecule has 33 heavy (non-hydrogen) atoms. The molecule has 0 aromatic heterocycles. The summed E-state index contributed by atoms with van der Waals surface area (Å²) < 4.78 is 21.3. The summed E-state index contributed by atoms with van der Waals surface area (Å²) in [4.78, 5) is 28.2. The number of carbonyl (C=O) groups is 2. The van der Waals surface area contributed by atoms with E-state index in [4.69, 9.17) is 18.9 Å². The van der Waals surface area contributed by atoms with Crippen LogP contribution in [0.1, 0.15) is 28.3 Å². The number of rotatable bonds is 10. The Bertz CT molecular complexity index is 964. The molecule has 1 aliphatic heterocycles. The van der Waals surface area contributed by atoms with Gasteiger partial charge in [-0.2, -0.15) is 0 Å². The normalized spacial score (nSPS) is 17.5. The van der Waals surface area contributed by atoms with Crippen LogP contribution in [0.4, 0.5) is 0 Å². The Kier molecular flexibility index (Phi) is 8.54. The van der Waals surface area contributed by atoms with Gasteiger partial charge in [-0.25, -0.2) is 0 Å². The van der Waals surface area contributed by atoms with Crippen LogP contribution in [0.15, 0.2) is 42.5 Å². The van der Waals surface area contributed by atoms with Gasteiger partial charge in [-0.15, -0.1) is 0 Å². The summed E-state index contributed by atoms with van der Waals surface area (Å²) in [6.45, 7) is 1.76. The van der Waals surface area contributed by atoms with Gasteiger partial charge in [0.15, 0.2) is 0 Å². The molecule has 0 radical (unpaired) electrons. The van der Waals surface area contributed by atoms with E-state index >= 15 is 0 Å². The Labute approximate surface area is 194 Å². The number of likely N-dealkylation sites (tertiary alicyclic amines) is 1. The van der Waals surface area contributed by atoms with Crippen molar-refractivity contribution in [3.8, 4) is 17.2 Å². The number of nitrogens with one attached hydrogen (secondary N) is 1. The Balaban J connectivity index is 1.89. The molecule has 3 rings (SSSR count). The molecule has 8 nitrogen and oxygen atoms in total. The number of hydrogen-bond donors (Lipinski definition) is 1. The van der Waals surface area contributed by atoms with E-state index in [1.165, 1.54) is 0 Å². The molecule has 2 atom stereocenters. The van der Waals surface area contributed by atoms with Crippen molar-refractivity contribution in [2.24, 2.45) is 5.92 Å². The molecule has 1 heterocycles. The SMILES string of the molecule is COCCCNC(=O)[C@@H]1CN(C(=O)c2cccc(OC)c2)C[C@H]1c1cc(OC)ccc1OC. The van der Waals surface area contributed by atoms with E-state index in [9.17, 15) is 9.59 Å². The van der Waals surface area contributed by atoms with E-state index in [1.54, 1.807) is 57.6 Å². The zero-order chi connectivity index (χ0) is 23.8. The minimum Gasteiger partial charge on any atom is -0.497 e. The van der Waals surface area contributed by atoms with Gasteiger partial charge in [-0.05, 0) is 42.8 Å². The average molecular weight is 457 g/mol. The fourth-order valence-corrected chi connectivity index (χ4v) is 4.18. The van der Waals surface area contributed by atoms with E-state index in [0.29, 0.717) is 55.5 Å². The second kappa shape index (κ2) is 11.6. The molecule has 178 valence electrons. The molecular weight excluding hydrogens is 424 g/mol. The second-order valence-electron chi connectivity index (χ2n) is 7.90. The molecule has 1 saturated heterocycles. The van der Waals surface area contributed by atoms with Gasteiger partial charge in [0.2, 0.25) is 5.91 Å². The summed E-state index contributed by atoms with van der Waals surface area (Å²) in [5.74, 6) is 1.03. The molecule has 0 bridgehead atoms. The van der Waals surface area contributed by atoms with Crippen LogP contribution in [0.3, 0.4) is 0 Å². The van der Waals surface area contributed by atoms with Gasteiger partial charge in [0.1, 0.15) is 17.2 Å². The topological polar surface area (TPSA) is 86.3 Å². The third-order valence-electron chi connectivity index (χ3n) is 5.92. The summed E-state index contributed by atoms with van der Waals surface area (Å²) in [6, 6.07) is 12.6. The predicted octanol–water partition coefficient (Wildman–Crippen LogP) is 2.72. The van der Waals surface area contributed by atoms with Gasteiger partial charge in [-0.3, -0.25) is 9.59 Å². The number of carbonyl (C=O) groups excluding carboxylic acids is 2. The molecule has 0 unspecified atom stereocenters. The van der Waals surface area contributed by atoms with E-state index in [-0.39, 0.29) is 17.7 Å². The summed E-state index contributed by atoms with van der Waals surface area (Å²) >= 11 is 0. The number of nitrogens with zero attached hydrogens (tertiary/aromatic N) is 1. The molecule has 8 heteroatoms. The highest BCUT2D eigenvalue weighted by Gasteiger charge is 2.42. The number of benzene rings is 2. The van der Waals surface area contributed by atoms with Crippen molar-refractivity contribution in [1.82, 2.24) is 10.2 Å². The first-order valence-corrected chi connectivity index (χ1v) is 10.9. The fourth-order valence-electron chi connectivity index (χ4n) is 4.18. The van der Waals surface area contributed by atoms with Crippen molar-refractivity contribution in [3.05, 3.63) is 53.6 Å². The Hall–Kier alpha value is -3.26. The first kappa shape index (κ1) is 24.4. The minimum atomic E-state index is -0.428. The van der Waals surface area contributed by atoms with Crippen LogP contribution in [0.2, 0.25) is 0 Å². The number of hydrogen-bond acceptors (Lipinski definition) is 6. The summed E-state index contributed by atoms with van der Waals surface area (Å²) in [5, 5.41) is 2.99. The molecule has 1 fully saturated rings. The Morgan fingerprint density at radius 1 is 0.970 bits per heavy atom. The van der Waals surface area contributed by atoms with Gasteiger partial charge in [0, 0.05) is 50.4 Å². The van der Waals surface area contributed by atoms with Crippen molar-refractivity contribution in [1.29, 1.82) is 0 Å². The standard InChI is InChI=1S/C25H32N2O6/c1-30-12-6-11-26-24(28)22-16-27(25(29)17-7-5-8-18(13-17)31-2)15-21(22)20-14-19(32-3)9-10-23(20)33-4/h5,7-10,13-14,21-22H,6,11-12,15-16H2,1-4H3,(H,26,28)/t21-,22+/m0/s1. The van der Waals surface area contributed by atoms with Crippen molar-refractivity contribution in [2.75, 3.05) is 54.7 Å². The van der Waals surface area contributed by atoms with E-state index in [1.807, 2.05) is 18.2 Å². The van der Waals surface area contributed by atoms with Crippen LogP contribution < -0.4 is 19.5 Å². The fraction of sp³-hybridized carbons (Fsp3) is 0.440. The van der Waals surface area contributed by atoms with Crippen LogP contribution in [-0.4, -0.2) is 71.4 Å². The Morgan fingerprint density at radius 3 is 2.42 bits per heavy atom. The molecule has 0 saturated carbocycles. The highest BCUT2D eigenvalue weighted by Crippen LogP contribution is 2.40. The summed E-state index contributed by atoms with van der Waals surface area (Å²) in [7, 11) is 6.39. The largest absolute Gasteiger partial charge is 0.497 e. The zero-order valence-corrected chi connectivity index (χ0v) is 19.6. The molecule has 2 aromatic rings. The highest BCUT2D eigenvalue weighted by atomic mass is 16.5. The highest BCUT2D eigenvalue weighted by molar-refractivity contribution is 5.95. The van der Waals surface area contributed by atoms with E-state index < -0.39 is 5.92 Å². The lowest BCUT2D eigenvalue weighted by Crippen LogP contribution is -2.36. The molecular formula is C25H32N2O6. The van der Waals surface area contributed by atoms with Crippen LogP contribution in [-0.2, 0) is 9.53 Å². The lowest BCUT2D eigenvalue weighted by atomic mass is 9.87. The summed E-state index contributed by atoms with van der Waals surface area (Å²) in [6.07, 6.45) is 0.717. The smallest absolute Gasteiger partial charge is 0.254 e. The molecule has 0 aliphatic carbocycles. The quantitative estimate of drug-likeness (QED) is 0.554. The third kappa shape index (κ3) is 5.76. The maximum Gasteiger partial charge on any atom is 0.254 e. The first-order chi connectivity index (χ1) is 16.0. The van der Waals surface area contributed by atoms with Crippen LogP contribution in [0, 0.1) is 5.92 Å². The van der Waals surface area contributed by atoms with Crippen LogP contribution >= 0.6 is 0 Å². The predicted molar refractivity (Wildman–Crippen MR) is 124 cm³/mol. The van der Waals surface area contributed by atoms with E-state index in [0.717, 1.165) is 5.56 Å². The number of methoxy groups -OCH3 is 4. The van der Waals surface area contributed by atoms with E-state index in [2.05, 4.69) is 5.32 Å². The van der Waals surface area contributed by atoms with Crippen LogP contribution in [0.25, 0.3) is 0 Å². The van der Waals surface area contributed by atoms with Gasteiger partial charge in [-0.1, -0.05) is 6.07 Å². The second-order valence-corrected chi connectivity index (χ2v) is 7.90.